The average molecular weight is 607 g/mol. The monoisotopic (exact) mass is 606 g/mol. The molecule has 0 spiro atoms. The maximum absolute atomic E-state index is 6.43. The van der Waals surface area contributed by atoms with Crippen LogP contribution in [0.5, 0.6) is 0 Å². The highest BCUT2D eigenvalue weighted by Gasteiger charge is 2.17. The zero-order valence-electron chi connectivity index (χ0n) is 25.6. The minimum Gasteiger partial charge on any atom is -0.456 e. The molecule has 0 atom stereocenters. The van der Waals surface area contributed by atoms with Crippen LogP contribution < -0.4 is 0 Å². The molecular weight excluding hydrogens is 576 g/mol. The van der Waals surface area contributed by atoms with Crippen LogP contribution in [0.2, 0.25) is 0 Å². The van der Waals surface area contributed by atoms with Gasteiger partial charge in [0.1, 0.15) is 22.5 Å². The summed E-state index contributed by atoms with van der Waals surface area (Å²) in [5.41, 5.74) is 7.48. The number of para-hydroxylation sites is 1. The lowest BCUT2D eigenvalue weighted by atomic mass is 9.97. The highest BCUT2D eigenvalue weighted by atomic mass is 16.3. The predicted molar refractivity (Wildman–Crippen MR) is 196 cm³/mol. The second-order valence-corrected chi connectivity index (χ2v) is 11.4. The number of rotatable bonds is 7. The number of aliphatic imine (C=N–C) groups is 2. The lowest BCUT2D eigenvalue weighted by Gasteiger charge is -2.06. The SMILES string of the molecule is C=C/C=C\c1oc2cccc(-c3ccc4c(c3)oc3ccccc34)c2c1/C=N/C(=N\Cc1ccccc1)c1ccc2ccccc2c1. The number of benzene rings is 6. The fourth-order valence-electron chi connectivity index (χ4n) is 6.14. The van der Waals surface area contributed by atoms with Gasteiger partial charge in [0.15, 0.2) is 5.84 Å². The van der Waals surface area contributed by atoms with Gasteiger partial charge >= 0.3 is 0 Å². The first-order chi connectivity index (χ1) is 23.2. The molecule has 0 amide bonds. The molecule has 4 heteroatoms. The first-order valence-corrected chi connectivity index (χ1v) is 15.6. The minimum atomic E-state index is 0.512. The third-order valence-electron chi connectivity index (χ3n) is 8.43. The average Bonchev–Trinajstić information content (AvgIpc) is 3.68. The van der Waals surface area contributed by atoms with Gasteiger partial charge in [-0.25, -0.2) is 4.99 Å². The van der Waals surface area contributed by atoms with Gasteiger partial charge in [-0.05, 0) is 63.9 Å². The topological polar surface area (TPSA) is 51.0 Å². The van der Waals surface area contributed by atoms with Gasteiger partial charge in [0.2, 0.25) is 0 Å². The highest BCUT2D eigenvalue weighted by molar-refractivity contribution is 6.14. The van der Waals surface area contributed by atoms with Crippen molar-refractivity contribution in [3.63, 3.8) is 0 Å². The van der Waals surface area contributed by atoms with E-state index in [2.05, 4.69) is 91.5 Å². The molecule has 0 unspecified atom stereocenters. The molecule has 0 fully saturated rings. The fourth-order valence-corrected chi connectivity index (χ4v) is 6.14. The van der Waals surface area contributed by atoms with Crippen LogP contribution in [0.1, 0.15) is 22.5 Å². The van der Waals surface area contributed by atoms with E-state index in [9.17, 15) is 0 Å². The molecule has 0 aliphatic heterocycles. The van der Waals surface area contributed by atoms with Crippen LogP contribution in [-0.2, 0) is 6.54 Å². The van der Waals surface area contributed by atoms with Crippen LogP contribution in [0.25, 0.3) is 60.9 Å². The molecule has 4 nitrogen and oxygen atoms in total. The van der Waals surface area contributed by atoms with Gasteiger partial charge in [-0.15, -0.1) is 0 Å². The number of hydrogen-bond acceptors (Lipinski definition) is 3. The quantitative estimate of drug-likeness (QED) is 0.103. The Balaban J connectivity index is 1.28. The van der Waals surface area contributed by atoms with Crippen LogP contribution in [0.15, 0.2) is 171 Å². The van der Waals surface area contributed by atoms with E-state index < -0.39 is 0 Å². The van der Waals surface area contributed by atoms with Crippen molar-refractivity contribution >= 4 is 61.8 Å². The van der Waals surface area contributed by atoms with E-state index in [1.807, 2.05) is 66.9 Å². The number of nitrogens with zero attached hydrogens (tertiary/aromatic N) is 2. The van der Waals surface area contributed by atoms with Gasteiger partial charge in [0, 0.05) is 33.5 Å². The second kappa shape index (κ2) is 12.3. The molecule has 224 valence electrons. The van der Waals surface area contributed by atoms with E-state index in [0.717, 1.165) is 66.1 Å². The summed E-state index contributed by atoms with van der Waals surface area (Å²) in [5.74, 6) is 1.34. The first kappa shape index (κ1) is 28.2. The minimum absolute atomic E-state index is 0.512. The summed E-state index contributed by atoms with van der Waals surface area (Å²) < 4.78 is 12.7. The largest absolute Gasteiger partial charge is 0.456 e. The zero-order chi connectivity index (χ0) is 31.6. The molecule has 8 rings (SSSR count). The Morgan fingerprint density at radius 1 is 0.660 bits per heavy atom. The van der Waals surface area contributed by atoms with Crippen molar-refractivity contribution in [3.8, 4) is 11.1 Å². The van der Waals surface area contributed by atoms with Crippen LogP contribution in [0.4, 0.5) is 0 Å². The third-order valence-corrected chi connectivity index (χ3v) is 8.43. The third kappa shape index (κ3) is 5.47. The van der Waals surface area contributed by atoms with Crippen molar-refractivity contribution in [2.45, 2.75) is 6.54 Å². The molecular formula is C43H30N2O2. The highest BCUT2D eigenvalue weighted by Crippen LogP contribution is 2.38. The molecule has 0 radical (unpaired) electrons. The van der Waals surface area contributed by atoms with E-state index in [0.29, 0.717) is 18.1 Å². The van der Waals surface area contributed by atoms with Gasteiger partial charge in [0.05, 0.1) is 6.54 Å². The van der Waals surface area contributed by atoms with Crippen molar-refractivity contribution in [1.82, 2.24) is 0 Å². The molecule has 2 aromatic heterocycles. The Bertz CT molecular complexity index is 2510. The van der Waals surface area contributed by atoms with Gasteiger partial charge < -0.3 is 8.83 Å². The van der Waals surface area contributed by atoms with Gasteiger partial charge in [0.25, 0.3) is 0 Å². The van der Waals surface area contributed by atoms with E-state index >= 15 is 0 Å². The Morgan fingerprint density at radius 2 is 1.45 bits per heavy atom. The zero-order valence-corrected chi connectivity index (χ0v) is 25.6. The maximum atomic E-state index is 6.43. The molecule has 0 aliphatic carbocycles. The fraction of sp³-hybridized carbons (Fsp3) is 0.0233. The summed E-state index contributed by atoms with van der Waals surface area (Å²) in [6.07, 6.45) is 7.43. The molecule has 0 bridgehead atoms. The number of hydrogen-bond donors (Lipinski definition) is 0. The molecule has 0 N–H and O–H groups in total. The molecule has 8 aromatic rings. The smallest absolute Gasteiger partial charge is 0.154 e. The van der Waals surface area contributed by atoms with E-state index in [4.69, 9.17) is 18.8 Å². The van der Waals surface area contributed by atoms with Gasteiger partial charge in [-0.1, -0.05) is 122 Å². The standard InChI is InChI=1S/C43H30N2O2/c1-2-3-18-39-37(28-45-43(44-27-29-12-5-4-6-13-29)33-22-21-30-14-7-8-15-31(30)25-33)42-34(17-11-20-40(42)46-39)32-23-24-36-35-16-9-10-19-38(35)47-41(36)26-32/h2-26,28H,1,27H2/b18-3-,44-43-,45-28+. The van der Waals surface area contributed by atoms with E-state index in [1.165, 1.54) is 5.39 Å². The lowest BCUT2D eigenvalue weighted by molar-refractivity contribution is 0.603. The summed E-state index contributed by atoms with van der Waals surface area (Å²) in [6, 6.07) is 45.6. The Labute approximate surface area is 272 Å². The van der Waals surface area contributed by atoms with E-state index in [-0.39, 0.29) is 0 Å². The molecule has 0 saturated carbocycles. The maximum Gasteiger partial charge on any atom is 0.154 e. The number of furan rings is 2. The van der Waals surface area contributed by atoms with Crippen molar-refractivity contribution in [3.05, 3.63) is 175 Å². The van der Waals surface area contributed by atoms with Crippen molar-refractivity contribution in [2.75, 3.05) is 0 Å². The molecule has 6 aromatic carbocycles. The summed E-state index contributed by atoms with van der Waals surface area (Å²) in [6.45, 7) is 4.38. The summed E-state index contributed by atoms with van der Waals surface area (Å²) in [5, 5.41) is 5.48. The Hall–Kier alpha value is -6.26. The molecule has 47 heavy (non-hydrogen) atoms. The number of allylic oxidation sites excluding steroid dienone is 2. The first-order valence-electron chi connectivity index (χ1n) is 15.6. The van der Waals surface area contributed by atoms with Crippen molar-refractivity contribution < 1.29 is 8.83 Å². The summed E-state index contributed by atoms with van der Waals surface area (Å²) in [7, 11) is 0. The van der Waals surface area contributed by atoms with Crippen LogP contribution in [0, 0.1) is 0 Å². The van der Waals surface area contributed by atoms with Crippen LogP contribution in [-0.4, -0.2) is 12.1 Å². The molecule has 2 heterocycles. The van der Waals surface area contributed by atoms with Gasteiger partial charge in [-0.3, -0.25) is 4.99 Å². The molecule has 0 aliphatic rings. The molecule has 0 saturated heterocycles. The Morgan fingerprint density at radius 3 is 2.34 bits per heavy atom. The number of amidine groups is 1. The summed E-state index contributed by atoms with van der Waals surface area (Å²) in [4.78, 5) is 10.1. The normalized spacial score (nSPS) is 12.4. The summed E-state index contributed by atoms with van der Waals surface area (Å²) >= 11 is 0. The second-order valence-electron chi connectivity index (χ2n) is 11.4. The van der Waals surface area contributed by atoms with Crippen molar-refractivity contribution in [1.29, 1.82) is 0 Å². The number of fused-ring (bicyclic) bond motifs is 5. The lowest BCUT2D eigenvalue weighted by Crippen LogP contribution is -2.00. The van der Waals surface area contributed by atoms with Gasteiger partial charge in [-0.2, -0.15) is 0 Å². The predicted octanol–water partition coefficient (Wildman–Crippen LogP) is 11.4. The van der Waals surface area contributed by atoms with Crippen LogP contribution in [0.3, 0.4) is 0 Å². The van der Waals surface area contributed by atoms with E-state index in [1.54, 1.807) is 6.08 Å². The Kier molecular flexibility index (Phi) is 7.37. The van der Waals surface area contributed by atoms with Crippen molar-refractivity contribution in [2.24, 2.45) is 9.98 Å². The van der Waals surface area contributed by atoms with Crippen LogP contribution >= 0.6 is 0 Å².